The average molecular weight is 177 g/mol. The first-order valence-electron chi connectivity index (χ1n) is 4.10. The van der Waals surface area contributed by atoms with Gasteiger partial charge in [-0.25, -0.2) is 0 Å². The zero-order chi connectivity index (χ0) is 9.52. The van der Waals surface area contributed by atoms with Crippen LogP contribution in [0.1, 0.15) is 12.0 Å². The van der Waals surface area contributed by atoms with Crippen molar-refractivity contribution in [3.05, 3.63) is 29.8 Å². The first-order valence-corrected chi connectivity index (χ1v) is 4.10. The summed E-state index contributed by atoms with van der Waals surface area (Å²) in [5, 5.41) is 17.0. The quantitative estimate of drug-likeness (QED) is 0.705. The molecular formula is C10H11NO2. The lowest BCUT2D eigenvalue weighted by Crippen LogP contribution is -1.99. The van der Waals surface area contributed by atoms with E-state index in [9.17, 15) is 0 Å². The summed E-state index contributed by atoms with van der Waals surface area (Å²) in [6.07, 6.45) is 0.625. The van der Waals surface area contributed by atoms with Crippen molar-refractivity contribution in [2.75, 3.05) is 13.2 Å². The Morgan fingerprint density at radius 1 is 1.31 bits per heavy atom. The predicted molar refractivity (Wildman–Crippen MR) is 48.4 cm³/mol. The van der Waals surface area contributed by atoms with Gasteiger partial charge in [0.1, 0.15) is 5.75 Å². The third-order valence-electron chi connectivity index (χ3n) is 1.55. The van der Waals surface area contributed by atoms with Crippen LogP contribution in [0.2, 0.25) is 0 Å². The van der Waals surface area contributed by atoms with Gasteiger partial charge in [0.25, 0.3) is 0 Å². The molecule has 0 aliphatic heterocycles. The Morgan fingerprint density at radius 3 is 2.54 bits per heavy atom. The van der Waals surface area contributed by atoms with E-state index in [4.69, 9.17) is 15.1 Å². The molecule has 3 nitrogen and oxygen atoms in total. The van der Waals surface area contributed by atoms with Crippen molar-refractivity contribution in [1.29, 1.82) is 5.26 Å². The minimum atomic E-state index is 0.135. The molecule has 0 saturated carbocycles. The number of rotatable bonds is 4. The van der Waals surface area contributed by atoms with E-state index in [-0.39, 0.29) is 6.61 Å². The number of aliphatic hydroxyl groups is 1. The molecule has 1 aromatic rings. The van der Waals surface area contributed by atoms with Gasteiger partial charge in [-0.3, -0.25) is 0 Å². The molecule has 0 bridgehead atoms. The average Bonchev–Trinajstić information content (AvgIpc) is 2.19. The van der Waals surface area contributed by atoms with Gasteiger partial charge in [0, 0.05) is 13.0 Å². The first kappa shape index (κ1) is 9.56. The number of benzene rings is 1. The number of nitrogens with zero attached hydrogens (tertiary/aromatic N) is 1. The van der Waals surface area contributed by atoms with Gasteiger partial charge in [0.05, 0.1) is 18.2 Å². The Morgan fingerprint density at radius 2 is 2.00 bits per heavy atom. The molecule has 13 heavy (non-hydrogen) atoms. The zero-order valence-electron chi connectivity index (χ0n) is 7.23. The smallest absolute Gasteiger partial charge is 0.119 e. The molecule has 1 rings (SSSR count). The normalized spacial score (nSPS) is 9.23. The van der Waals surface area contributed by atoms with E-state index in [0.717, 1.165) is 5.75 Å². The van der Waals surface area contributed by atoms with Gasteiger partial charge in [-0.05, 0) is 24.3 Å². The molecule has 0 aromatic heterocycles. The summed E-state index contributed by atoms with van der Waals surface area (Å²) in [7, 11) is 0. The summed E-state index contributed by atoms with van der Waals surface area (Å²) in [6, 6.07) is 8.92. The van der Waals surface area contributed by atoms with Gasteiger partial charge in [0.2, 0.25) is 0 Å². The molecule has 0 atom stereocenters. The molecule has 1 aromatic carbocycles. The highest BCUT2D eigenvalue weighted by Crippen LogP contribution is 2.11. The molecule has 0 aliphatic rings. The third kappa shape index (κ3) is 3.14. The molecule has 0 spiro atoms. The fourth-order valence-corrected chi connectivity index (χ4v) is 0.880. The van der Waals surface area contributed by atoms with Crippen LogP contribution in [0.5, 0.6) is 5.75 Å². The van der Waals surface area contributed by atoms with Crippen molar-refractivity contribution in [3.63, 3.8) is 0 Å². The highest BCUT2D eigenvalue weighted by atomic mass is 16.5. The van der Waals surface area contributed by atoms with Crippen LogP contribution < -0.4 is 4.74 Å². The topological polar surface area (TPSA) is 53.2 Å². The Balaban J connectivity index is 2.46. The molecule has 0 radical (unpaired) electrons. The van der Waals surface area contributed by atoms with Crippen LogP contribution in [-0.2, 0) is 0 Å². The molecule has 1 N–H and O–H groups in total. The molecule has 68 valence electrons. The summed E-state index contributed by atoms with van der Waals surface area (Å²) < 4.78 is 5.28. The second-order valence-electron chi connectivity index (χ2n) is 2.56. The van der Waals surface area contributed by atoms with Crippen molar-refractivity contribution in [1.82, 2.24) is 0 Å². The van der Waals surface area contributed by atoms with Gasteiger partial charge in [-0.2, -0.15) is 5.26 Å². The van der Waals surface area contributed by atoms with E-state index in [1.54, 1.807) is 24.3 Å². The fraction of sp³-hybridized carbons (Fsp3) is 0.300. The summed E-state index contributed by atoms with van der Waals surface area (Å²) in [4.78, 5) is 0. The largest absolute Gasteiger partial charge is 0.494 e. The predicted octanol–water partition coefficient (Wildman–Crippen LogP) is 1.32. The highest BCUT2D eigenvalue weighted by Gasteiger charge is 1.93. The van der Waals surface area contributed by atoms with Crippen molar-refractivity contribution >= 4 is 0 Å². The number of aliphatic hydroxyl groups excluding tert-OH is 1. The molecule has 0 fully saturated rings. The van der Waals surface area contributed by atoms with Crippen LogP contribution in [-0.4, -0.2) is 18.3 Å². The van der Waals surface area contributed by atoms with E-state index in [1.807, 2.05) is 6.07 Å². The van der Waals surface area contributed by atoms with Gasteiger partial charge in [0.15, 0.2) is 0 Å². The van der Waals surface area contributed by atoms with E-state index in [2.05, 4.69) is 0 Å². The molecule has 0 heterocycles. The number of ether oxygens (including phenoxy) is 1. The van der Waals surface area contributed by atoms with Crippen molar-refractivity contribution in [3.8, 4) is 11.8 Å². The summed E-state index contributed by atoms with van der Waals surface area (Å²) >= 11 is 0. The van der Waals surface area contributed by atoms with Crippen molar-refractivity contribution in [2.45, 2.75) is 6.42 Å². The van der Waals surface area contributed by atoms with Crippen LogP contribution >= 0.6 is 0 Å². The summed E-state index contributed by atoms with van der Waals surface area (Å²) in [5.41, 5.74) is 0.620. The molecule has 0 saturated heterocycles. The summed E-state index contributed by atoms with van der Waals surface area (Å²) in [5.74, 6) is 0.729. The molecule has 0 amide bonds. The second-order valence-corrected chi connectivity index (χ2v) is 2.56. The Hall–Kier alpha value is -1.53. The molecule has 3 heteroatoms. The molecular weight excluding hydrogens is 166 g/mol. The number of nitriles is 1. The number of hydrogen-bond acceptors (Lipinski definition) is 3. The monoisotopic (exact) mass is 177 g/mol. The van der Waals surface area contributed by atoms with Crippen LogP contribution in [0.25, 0.3) is 0 Å². The van der Waals surface area contributed by atoms with Gasteiger partial charge < -0.3 is 9.84 Å². The maximum absolute atomic E-state index is 8.52. The van der Waals surface area contributed by atoms with Crippen molar-refractivity contribution < 1.29 is 9.84 Å². The van der Waals surface area contributed by atoms with Crippen LogP contribution in [0.3, 0.4) is 0 Å². The standard InChI is InChI=1S/C10H11NO2/c11-8-9-2-4-10(5-3-9)13-7-1-6-12/h2-5,12H,1,6-7H2. The van der Waals surface area contributed by atoms with Crippen LogP contribution in [0.4, 0.5) is 0 Å². The van der Waals surface area contributed by atoms with Crippen molar-refractivity contribution in [2.24, 2.45) is 0 Å². The first-order chi connectivity index (χ1) is 6.36. The molecule has 0 aliphatic carbocycles. The van der Waals surface area contributed by atoms with Gasteiger partial charge >= 0.3 is 0 Å². The van der Waals surface area contributed by atoms with Crippen LogP contribution in [0, 0.1) is 11.3 Å². The minimum Gasteiger partial charge on any atom is -0.494 e. The van der Waals surface area contributed by atoms with E-state index < -0.39 is 0 Å². The Labute approximate surface area is 77.2 Å². The van der Waals surface area contributed by atoms with Gasteiger partial charge in [-0.15, -0.1) is 0 Å². The molecule has 0 unspecified atom stereocenters. The maximum atomic E-state index is 8.52. The SMILES string of the molecule is N#Cc1ccc(OCCCO)cc1. The second kappa shape index (κ2) is 5.18. The Bertz CT molecular complexity index is 287. The van der Waals surface area contributed by atoms with E-state index >= 15 is 0 Å². The zero-order valence-corrected chi connectivity index (χ0v) is 7.23. The third-order valence-corrected chi connectivity index (χ3v) is 1.55. The van der Waals surface area contributed by atoms with E-state index in [1.165, 1.54) is 0 Å². The van der Waals surface area contributed by atoms with Gasteiger partial charge in [-0.1, -0.05) is 0 Å². The Kier molecular flexibility index (Phi) is 3.80. The number of hydrogen-bond donors (Lipinski definition) is 1. The summed E-state index contributed by atoms with van der Waals surface area (Å²) in [6.45, 7) is 0.638. The van der Waals surface area contributed by atoms with Crippen LogP contribution in [0.15, 0.2) is 24.3 Å². The highest BCUT2D eigenvalue weighted by molar-refractivity contribution is 5.34. The maximum Gasteiger partial charge on any atom is 0.119 e. The fourth-order valence-electron chi connectivity index (χ4n) is 0.880. The lowest BCUT2D eigenvalue weighted by atomic mass is 10.2. The lowest BCUT2D eigenvalue weighted by molar-refractivity contribution is 0.233. The minimum absolute atomic E-state index is 0.135. The van der Waals surface area contributed by atoms with E-state index in [0.29, 0.717) is 18.6 Å². The lowest BCUT2D eigenvalue weighted by Gasteiger charge is -2.03.